The minimum Gasteiger partial charge on any atom is -0.200 e. The molecule has 1 aliphatic rings. The maximum Gasteiger partial charge on any atom is 0.220 e. The Bertz CT molecular complexity index is 1230. The number of benzene rings is 2. The van der Waals surface area contributed by atoms with E-state index < -0.39 is 8.07 Å². The maximum atomic E-state index is 2.61. The highest BCUT2D eigenvalue weighted by Crippen LogP contribution is 2.40. The quantitative estimate of drug-likeness (QED) is 0.258. The van der Waals surface area contributed by atoms with Gasteiger partial charge >= 0.3 is 0 Å². The van der Waals surface area contributed by atoms with Crippen molar-refractivity contribution >= 4 is 24.0 Å². The van der Waals surface area contributed by atoms with Crippen LogP contribution in [0.25, 0.3) is 22.0 Å². The number of rotatable bonds is 3. The maximum absolute atomic E-state index is 2.61. The molecule has 0 aliphatic heterocycles. The second-order valence-corrected chi connectivity index (χ2v) is 18.7. The molecule has 35 heavy (non-hydrogen) atoms. The summed E-state index contributed by atoms with van der Waals surface area (Å²) in [6.07, 6.45) is 9.42. The molecule has 1 saturated carbocycles. The van der Waals surface area contributed by atoms with E-state index in [0.29, 0.717) is 0 Å². The molecule has 1 heterocycles. The standard InChI is InChI=1S/C33H48NSi/c1-23-29(21-25(32(2,3)4)22-30(23)33(5,6)7)31-28-17-16-27(20-24(28)18-19-34(31)8)35(9,10)26-14-12-11-13-15-26/h16-22,26H,11-15H2,1-10H3/q+1. The van der Waals surface area contributed by atoms with Gasteiger partial charge in [0, 0.05) is 6.07 Å². The van der Waals surface area contributed by atoms with Crippen LogP contribution in [0, 0.1) is 6.92 Å². The van der Waals surface area contributed by atoms with Crippen LogP contribution in [0.2, 0.25) is 18.6 Å². The highest BCUT2D eigenvalue weighted by Gasteiger charge is 2.35. The van der Waals surface area contributed by atoms with Crippen LogP contribution in [0.15, 0.2) is 42.6 Å². The van der Waals surface area contributed by atoms with Gasteiger partial charge in [-0.25, -0.2) is 4.57 Å². The van der Waals surface area contributed by atoms with Gasteiger partial charge in [0.05, 0.1) is 19.0 Å². The second-order valence-electron chi connectivity index (χ2n) is 13.8. The van der Waals surface area contributed by atoms with E-state index >= 15 is 0 Å². The summed E-state index contributed by atoms with van der Waals surface area (Å²) in [5.74, 6) is 0. The zero-order chi connectivity index (χ0) is 25.8. The predicted octanol–water partition coefficient (Wildman–Crippen LogP) is 8.48. The normalized spacial score (nSPS) is 16.2. The fourth-order valence-electron chi connectivity index (χ4n) is 6.34. The third kappa shape index (κ3) is 5.01. The van der Waals surface area contributed by atoms with Crippen LogP contribution < -0.4 is 9.75 Å². The van der Waals surface area contributed by atoms with E-state index in [-0.39, 0.29) is 10.8 Å². The van der Waals surface area contributed by atoms with Gasteiger partial charge in [0.15, 0.2) is 6.20 Å². The molecule has 0 atom stereocenters. The number of aromatic nitrogens is 1. The Labute approximate surface area is 216 Å². The Morgan fingerprint density at radius 2 is 1.49 bits per heavy atom. The summed E-state index contributed by atoms with van der Waals surface area (Å²) in [6, 6.07) is 14.7. The first-order chi connectivity index (χ1) is 16.2. The van der Waals surface area contributed by atoms with Gasteiger partial charge in [0.1, 0.15) is 7.05 Å². The summed E-state index contributed by atoms with van der Waals surface area (Å²) in [4.78, 5) is 0. The van der Waals surface area contributed by atoms with Crippen molar-refractivity contribution in [3.05, 3.63) is 59.3 Å². The molecule has 4 rings (SSSR count). The number of hydrogen-bond donors (Lipinski definition) is 0. The summed E-state index contributed by atoms with van der Waals surface area (Å²) >= 11 is 0. The molecule has 0 spiro atoms. The lowest BCUT2D eigenvalue weighted by molar-refractivity contribution is -0.659. The van der Waals surface area contributed by atoms with E-state index in [2.05, 4.69) is 116 Å². The number of nitrogens with zero attached hydrogens (tertiary/aromatic N) is 1. The van der Waals surface area contributed by atoms with E-state index in [4.69, 9.17) is 0 Å². The van der Waals surface area contributed by atoms with Crippen molar-refractivity contribution < 1.29 is 4.57 Å². The van der Waals surface area contributed by atoms with E-state index in [9.17, 15) is 0 Å². The van der Waals surface area contributed by atoms with Crippen molar-refractivity contribution in [3.8, 4) is 11.3 Å². The number of fused-ring (bicyclic) bond motifs is 1. The average Bonchev–Trinajstić information content (AvgIpc) is 2.78. The number of aryl methyl sites for hydroxylation is 1. The predicted molar refractivity (Wildman–Crippen MR) is 157 cm³/mol. The van der Waals surface area contributed by atoms with E-state index in [1.165, 1.54) is 70.8 Å². The fourth-order valence-corrected chi connectivity index (χ4v) is 9.70. The molecule has 1 fully saturated rings. The van der Waals surface area contributed by atoms with Gasteiger partial charge in [-0.1, -0.05) is 110 Å². The van der Waals surface area contributed by atoms with E-state index in [1.54, 1.807) is 5.19 Å². The summed E-state index contributed by atoms with van der Waals surface area (Å²) in [7, 11) is 0.720. The van der Waals surface area contributed by atoms with E-state index in [1.807, 2.05) is 0 Å². The molecule has 1 aliphatic carbocycles. The lowest BCUT2D eigenvalue weighted by Crippen LogP contribution is -2.46. The van der Waals surface area contributed by atoms with Crippen LogP contribution in [-0.2, 0) is 17.9 Å². The fraction of sp³-hybridized carbons (Fsp3) is 0.545. The highest BCUT2D eigenvalue weighted by molar-refractivity contribution is 6.91. The molecule has 2 aromatic carbocycles. The number of pyridine rings is 1. The molecule has 0 bridgehead atoms. The van der Waals surface area contributed by atoms with Crippen molar-refractivity contribution in [2.24, 2.45) is 7.05 Å². The Hall–Kier alpha value is -1.93. The lowest BCUT2D eigenvalue weighted by atomic mass is 9.76. The largest absolute Gasteiger partial charge is 0.220 e. The van der Waals surface area contributed by atoms with Crippen molar-refractivity contribution in [2.75, 3.05) is 0 Å². The Morgan fingerprint density at radius 3 is 2.09 bits per heavy atom. The van der Waals surface area contributed by atoms with Crippen LogP contribution in [0.3, 0.4) is 0 Å². The molecule has 3 aromatic rings. The van der Waals surface area contributed by atoms with Gasteiger partial charge < -0.3 is 0 Å². The molecule has 0 saturated heterocycles. The Kier molecular flexibility index (Phi) is 6.86. The first-order valence-electron chi connectivity index (χ1n) is 13.8. The van der Waals surface area contributed by atoms with Gasteiger partial charge in [-0.3, -0.25) is 0 Å². The first-order valence-corrected chi connectivity index (χ1v) is 16.9. The van der Waals surface area contributed by atoms with Crippen LogP contribution in [0.1, 0.15) is 90.3 Å². The molecule has 2 heteroatoms. The summed E-state index contributed by atoms with van der Waals surface area (Å²) in [6.45, 7) is 21.6. The summed E-state index contributed by atoms with van der Waals surface area (Å²) in [5, 5.41) is 4.40. The zero-order valence-corrected chi connectivity index (χ0v) is 25.1. The minimum absolute atomic E-state index is 0.103. The van der Waals surface area contributed by atoms with Gasteiger partial charge in [0.25, 0.3) is 0 Å². The van der Waals surface area contributed by atoms with Crippen LogP contribution in [0.5, 0.6) is 0 Å². The molecular formula is C33H48NSi+. The molecule has 0 unspecified atom stereocenters. The van der Waals surface area contributed by atoms with Crippen molar-refractivity contribution in [2.45, 2.75) is 110 Å². The minimum atomic E-state index is -1.49. The smallest absolute Gasteiger partial charge is 0.200 e. The summed E-state index contributed by atoms with van der Waals surface area (Å²) in [5.41, 5.74) is 8.15. The molecule has 188 valence electrons. The summed E-state index contributed by atoms with van der Waals surface area (Å²) < 4.78 is 2.34. The first kappa shape index (κ1) is 26.1. The van der Waals surface area contributed by atoms with Gasteiger partial charge in [-0.15, -0.1) is 0 Å². The average molecular weight is 487 g/mol. The van der Waals surface area contributed by atoms with Crippen LogP contribution in [0.4, 0.5) is 0 Å². The molecule has 1 aromatic heterocycles. The Morgan fingerprint density at radius 1 is 0.829 bits per heavy atom. The zero-order valence-electron chi connectivity index (χ0n) is 24.1. The van der Waals surface area contributed by atoms with Gasteiger partial charge in [0.2, 0.25) is 5.69 Å². The van der Waals surface area contributed by atoms with Crippen molar-refractivity contribution in [3.63, 3.8) is 0 Å². The molecule has 0 radical (unpaired) electrons. The molecule has 0 N–H and O–H groups in total. The molecule has 1 nitrogen and oxygen atoms in total. The van der Waals surface area contributed by atoms with Crippen molar-refractivity contribution in [1.82, 2.24) is 0 Å². The van der Waals surface area contributed by atoms with Crippen LogP contribution >= 0.6 is 0 Å². The van der Waals surface area contributed by atoms with Gasteiger partial charge in [-0.05, 0) is 57.5 Å². The van der Waals surface area contributed by atoms with E-state index in [0.717, 1.165) is 5.54 Å². The molecule has 0 amide bonds. The second kappa shape index (κ2) is 9.18. The number of hydrogen-bond acceptors (Lipinski definition) is 0. The topological polar surface area (TPSA) is 3.88 Å². The third-order valence-electron chi connectivity index (χ3n) is 8.84. The monoisotopic (exact) mass is 486 g/mol. The Balaban J connectivity index is 1.93. The SMILES string of the molecule is Cc1c(-c2c3ccc([Si](C)(C)C4CCCCC4)cc3cc[n+]2C)cc(C(C)(C)C)cc1C(C)(C)C. The molecular weight excluding hydrogens is 438 g/mol. The van der Waals surface area contributed by atoms with Crippen LogP contribution in [-0.4, -0.2) is 8.07 Å². The van der Waals surface area contributed by atoms with Crippen molar-refractivity contribution in [1.29, 1.82) is 0 Å². The van der Waals surface area contributed by atoms with Gasteiger partial charge in [-0.2, -0.15) is 0 Å². The highest BCUT2D eigenvalue weighted by atomic mass is 28.3. The lowest BCUT2D eigenvalue weighted by Gasteiger charge is -2.36. The third-order valence-corrected chi connectivity index (χ3v) is 13.3.